The van der Waals surface area contributed by atoms with Crippen LogP contribution in [-0.2, 0) is 13.0 Å². The summed E-state index contributed by atoms with van der Waals surface area (Å²) in [6.07, 6.45) is 4.27. The highest BCUT2D eigenvalue weighted by molar-refractivity contribution is 9.10. The Labute approximate surface area is 236 Å². The van der Waals surface area contributed by atoms with Gasteiger partial charge in [-0.3, -0.25) is 4.79 Å². The number of benzene rings is 4. The molecule has 0 radical (unpaired) electrons. The second-order valence-corrected chi connectivity index (χ2v) is 10.6. The molecule has 0 bridgehead atoms. The summed E-state index contributed by atoms with van der Waals surface area (Å²) in [6.45, 7) is 2.53. The lowest BCUT2D eigenvalue weighted by molar-refractivity contribution is 0.307. The molecule has 0 N–H and O–H groups in total. The Morgan fingerprint density at radius 2 is 1.82 bits per heavy atom. The van der Waals surface area contributed by atoms with Crippen molar-refractivity contribution in [3.05, 3.63) is 111 Å². The highest BCUT2D eigenvalue weighted by Gasteiger charge is 2.12. The SMILES string of the molecule is CCCCc1nc2ccc(Br)cc2c(=O)n1N=Cc1ccc(N(C)C)cc1OCc1cccc2ccccc12. The lowest BCUT2D eigenvalue weighted by Crippen LogP contribution is -2.22. The van der Waals surface area contributed by atoms with Gasteiger partial charge in [-0.25, -0.2) is 4.98 Å². The highest BCUT2D eigenvalue weighted by atomic mass is 79.9. The second kappa shape index (κ2) is 11.8. The molecule has 0 spiro atoms. The van der Waals surface area contributed by atoms with E-state index in [0.29, 0.717) is 35.5 Å². The Hall–Kier alpha value is -3.97. The van der Waals surface area contributed by atoms with Gasteiger partial charge in [0.25, 0.3) is 5.56 Å². The summed E-state index contributed by atoms with van der Waals surface area (Å²) in [4.78, 5) is 20.3. The molecule has 0 aliphatic rings. The Balaban J connectivity index is 1.54. The summed E-state index contributed by atoms with van der Waals surface area (Å²) in [6, 6.07) is 26.1. The fraction of sp³-hybridized carbons (Fsp3) is 0.219. The molecule has 39 heavy (non-hydrogen) atoms. The van der Waals surface area contributed by atoms with Crippen LogP contribution in [-0.4, -0.2) is 30.0 Å². The van der Waals surface area contributed by atoms with Crippen LogP contribution in [0.4, 0.5) is 5.69 Å². The van der Waals surface area contributed by atoms with Crippen LogP contribution in [0.15, 0.2) is 93.2 Å². The zero-order chi connectivity index (χ0) is 27.4. The van der Waals surface area contributed by atoms with Gasteiger partial charge in [0.15, 0.2) is 0 Å². The van der Waals surface area contributed by atoms with Crippen molar-refractivity contribution in [2.75, 3.05) is 19.0 Å². The zero-order valence-corrected chi connectivity index (χ0v) is 24.0. The van der Waals surface area contributed by atoms with Gasteiger partial charge in [-0.15, -0.1) is 0 Å². The average Bonchev–Trinajstić information content (AvgIpc) is 2.95. The van der Waals surface area contributed by atoms with Crippen LogP contribution in [0.5, 0.6) is 5.75 Å². The number of hydrogen-bond donors (Lipinski definition) is 0. The normalized spacial score (nSPS) is 11.5. The maximum Gasteiger partial charge on any atom is 0.282 e. The molecule has 0 unspecified atom stereocenters. The third-order valence-corrected chi connectivity index (χ3v) is 7.21. The molecular formula is C32H31BrN4O2. The van der Waals surface area contributed by atoms with Gasteiger partial charge in [-0.05, 0) is 53.1 Å². The summed E-state index contributed by atoms with van der Waals surface area (Å²) in [5.41, 5.74) is 3.39. The van der Waals surface area contributed by atoms with E-state index in [0.717, 1.165) is 34.1 Å². The molecule has 0 saturated carbocycles. The molecule has 0 aliphatic heterocycles. The van der Waals surface area contributed by atoms with E-state index in [2.05, 4.69) is 58.3 Å². The van der Waals surface area contributed by atoms with E-state index in [-0.39, 0.29) is 5.56 Å². The van der Waals surface area contributed by atoms with Crippen LogP contribution >= 0.6 is 15.9 Å². The summed E-state index contributed by atoms with van der Waals surface area (Å²) in [7, 11) is 3.99. The van der Waals surface area contributed by atoms with Gasteiger partial charge in [-0.2, -0.15) is 9.78 Å². The third-order valence-electron chi connectivity index (χ3n) is 6.72. The molecule has 0 aliphatic carbocycles. The Morgan fingerprint density at radius 1 is 1.00 bits per heavy atom. The number of ether oxygens (including phenoxy) is 1. The number of aryl methyl sites for hydroxylation is 1. The van der Waals surface area contributed by atoms with Crippen molar-refractivity contribution < 1.29 is 4.74 Å². The van der Waals surface area contributed by atoms with Crippen molar-refractivity contribution in [3.8, 4) is 5.75 Å². The minimum absolute atomic E-state index is 0.188. The molecule has 198 valence electrons. The summed E-state index contributed by atoms with van der Waals surface area (Å²) < 4.78 is 8.65. The van der Waals surface area contributed by atoms with E-state index in [1.54, 1.807) is 12.3 Å². The van der Waals surface area contributed by atoms with Crippen LogP contribution in [0.1, 0.15) is 36.7 Å². The number of aromatic nitrogens is 2. The first-order chi connectivity index (χ1) is 18.9. The van der Waals surface area contributed by atoms with Crippen molar-refractivity contribution in [2.24, 2.45) is 5.10 Å². The van der Waals surface area contributed by atoms with Crippen molar-refractivity contribution in [3.63, 3.8) is 0 Å². The predicted octanol–water partition coefficient (Wildman–Crippen LogP) is 7.18. The third kappa shape index (κ3) is 5.88. The van der Waals surface area contributed by atoms with Crippen LogP contribution in [0.3, 0.4) is 0 Å². The van der Waals surface area contributed by atoms with E-state index in [9.17, 15) is 4.79 Å². The molecule has 5 rings (SSSR count). The molecule has 1 heterocycles. The highest BCUT2D eigenvalue weighted by Crippen LogP contribution is 2.27. The van der Waals surface area contributed by atoms with Crippen molar-refractivity contribution in [1.29, 1.82) is 0 Å². The molecule has 0 atom stereocenters. The average molecular weight is 584 g/mol. The van der Waals surface area contributed by atoms with Crippen molar-refractivity contribution in [1.82, 2.24) is 9.66 Å². The molecule has 4 aromatic carbocycles. The Morgan fingerprint density at radius 3 is 2.64 bits per heavy atom. The summed E-state index contributed by atoms with van der Waals surface area (Å²) in [5, 5.41) is 7.53. The first kappa shape index (κ1) is 26.6. The number of anilines is 1. The number of nitrogens with zero attached hydrogens (tertiary/aromatic N) is 4. The van der Waals surface area contributed by atoms with Crippen LogP contribution in [0, 0.1) is 0 Å². The van der Waals surface area contributed by atoms with Crippen LogP contribution in [0.2, 0.25) is 0 Å². The van der Waals surface area contributed by atoms with Gasteiger partial charge in [0, 0.05) is 42.3 Å². The van der Waals surface area contributed by atoms with E-state index < -0.39 is 0 Å². The molecule has 0 amide bonds. The fourth-order valence-electron chi connectivity index (χ4n) is 4.54. The predicted molar refractivity (Wildman–Crippen MR) is 164 cm³/mol. The van der Waals surface area contributed by atoms with Gasteiger partial charge >= 0.3 is 0 Å². The molecule has 7 heteroatoms. The van der Waals surface area contributed by atoms with Crippen LogP contribution in [0.25, 0.3) is 21.7 Å². The topological polar surface area (TPSA) is 59.7 Å². The smallest absolute Gasteiger partial charge is 0.282 e. The standard InChI is InChI=1S/C32H31BrN4O2/c1-4-5-13-31-35-29-17-15-25(33)18-28(29)32(38)37(31)34-20-23-14-16-26(36(2)3)19-30(23)39-21-24-11-8-10-22-9-6-7-12-27(22)24/h6-12,14-20H,4-5,13,21H2,1-3H3. The molecule has 1 aromatic heterocycles. The lowest BCUT2D eigenvalue weighted by atomic mass is 10.1. The fourth-order valence-corrected chi connectivity index (χ4v) is 4.90. The molecule has 6 nitrogen and oxygen atoms in total. The zero-order valence-electron chi connectivity index (χ0n) is 22.4. The molecule has 0 saturated heterocycles. The maximum atomic E-state index is 13.5. The van der Waals surface area contributed by atoms with Gasteiger partial charge in [-0.1, -0.05) is 71.7 Å². The maximum absolute atomic E-state index is 13.5. The molecule has 0 fully saturated rings. The number of hydrogen-bond acceptors (Lipinski definition) is 5. The first-order valence-corrected chi connectivity index (χ1v) is 13.9. The van der Waals surface area contributed by atoms with Gasteiger partial charge in [0.2, 0.25) is 0 Å². The van der Waals surface area contributed by atoms with Gasteiger partial charge in [0.1, 0.15) is 18.2 Å². The Kier molecular flexibility index (Phi) is 8.07. The monoisotopic (exact) mass is 582 g/mol. The number of unbranched alkanes of at least 4 members (excludes halogenated alkanes) is 1. The molecular weight excluding hydrogens is 552 g/mol. The number of halogens is 1. The lowest BCUT2D eigenvalue weighted by Gasteiger charge is -2.17. The first-order valence-electron chi connectivity index (χ1n) is 13.1. The van der Waals surface area contributed by atoms with Crippen molar-refractivity contribution in [2.45, 2.75) is 32.8 Å². The van der Waals surface area contributed by atoms with Crippen molar-refractivity contribution >= 4 is 49.5 Å². The molecule has 5 aromatic rings. The number of rotatable bonds is 9. The van der Waals surface area contributed by atoms with E-state index in [1.807, 2.05) is 61.5 Å². The Bertz CT molecular complexity index is 1720. The minimum Gasteiger partial charge on any atom is -0.488 e. The van der Waals surface area contributed by atoms with Gasteiger partial charge in [0.05, 0.1) is 17.1 Å². The summed E-state index contributed by atoms with van der Waals surface area (Å²) in [5.74, 6) is 1.34. The second-order valence-electron chi connectivity index (χ2n) is 9.70. The van der Waals surface area contributed by atoms with E-state index >= 15 is 0 Å². The quantitative estimate of drug-likeness (QED) is 0.173. The minimum atomic E-state index is -0.188. The number of fused-ring (bicyclic) bond motifs is 2. The van der Waals surface area contributed by atoms with Gasteiger partial charge < -0.3 is 9.64 Å². The largest absolute Gasteiger partial charge is 0.488 e. The van der Waals surface area contributed by atoms with E-state index in [4.69, 9.17) is 9.72 Å². The summed E-state index contributed by atoms with van der Waals surface area (Å²) >= 11 is 3.47. The van der Waals surface area contributed by atoms with E-state index in [1.165, 1.54) is 15.4 Å². The van der Waals surface area contributed by atoms with Crippen LogP contribution < -0.4 is 15.2 Å².